The Balaban J connectivity index is 1.40. The second-order valence-electron chi connectivity index (χ2n) is 7.66. The average molecular weight is 536 g/mol. The van der Waals surface area contributed by atoms with Gasteiger partial charge in [0.1, 0.15) is 17.5 Å². The van der Waals surface area contributed by atoms with Gasteiger partial charge in [0.2, 0.25) is 0 Å². The quantitative estimate of drug-likeness (QED) is 0.240. The molecule has 1 aromatic heterocycles. The first kappa shape index (κ1) is 22.2. The van der Waals surface area contributed by atoms with E-state index in [9.17, 15) is 0 Å². The number of para-hydroxylation sites is 1. The maximum Gasteiger partial charge on any atom is 0.129 e. The lowest BCUT2D eigenvalue weighted by molar-refractivity contribution is 0.306. The maximum atomic E-state index is 5.93. The summed E-state index contributed by atoms with van der Waals surface area (Å²) in [5, 5.41) is 0.740. The molecule has 0 N–H and O–H groups in total. The zero-order valence-corrected chi connectivity index (χ0v) is 20.8. The summed E-state index contributed by atoms with van der Waals surface area (Å²) in [6, 6.07) is 28.7. The van der Waals surface area contributed by atoms with Crippen molar-refractivity contribution in [1.82, 2.24) is 4.98 Å². The van der Waals surface area contributed by atoms with Crippen LogP contribution in [0.5, 0.6) is 5.75 Å². The second-order valence-corrected chi connectivity index (χ2v) is 10.1. The predicted octanol–water partition coefficient (Wildman–Crippen LogP) is 8.43. The molecule has 0 saturated heterocycles. The molecule has 0 amide bonds. The molecule has 0 spiro atoms. The Bertz CT molecular complexity index is 1290. The Morgan fingerprint density at radius 2 is 1.73 bits per heavy atom. The molecule has 0 bridgehead atoms. The van der Waals surface area contributed by atoms with Gasteiger partial charge in [-0.25, -0.2) is 4.98 Å². The zero-order valence-electron chi connectivity index (χ0n) is 17.6. The Labute approximate surface area is 211 Å². The highest BCUT2D eigenvalue weighted by atomic mass is 79.9. The van der Waals surface area contributed by atoms with E-state index < -0.39 is 0 Å². The van der Waals surface area contributed by atoms with E-state index in [2.05, 4.69) is 75.5 Å². The van der Waals surface area contributed by atoms with Crippen molar-refractivity contribution in [2.75, 3.05) is 0 Å². The van der Waals surface area contributed by atoms with E-state index in [1.807, 2.05) is 36.0 Å². The Kier molecular flexibility index (Phi) is 6.81. The summed E-state index contributed by atoms with van der Waals surface area (Å²) < 4.78 is 7.05. The van der Waals surface area contributed by atoms with Crippen molar-refractivity contribution in [2.45, 2.75) is 23.2 Å². The van der Waals surface area contributed by atoms with Crippen LogP contribution in [0.3, 0.4) is 0 Å². The molecular formula is C27H20BrClN2OS. The number of aliphatic imine (C=N–C) groups is 1. The van der Waals surface area contributed by atoms with Gasteiger partial charge in [-0.05, 0) is 59.7 Å². The van der Waals surface area contributed by atoms with Gasteiger partial charge in [0.15, 0.2) is 0 Å². The minimum Gasteiger partial charge on any atom is -0.489 e. The van der Waals surface area contributed by atoms with Gasteiger partial charge in [-0.3, -0.25) is 4.99 Å². The SMILES string of the molecule is Clc1ccc(COc2ccc(C3=Nc4ccccc4SC(c4ccccc4Br)C3)cc2)cn1. The number of fused-ring (bicyclic) bond motifs is 1. The Morgan fingerprint density at radius 1 is 0.939 bits per heavy atom. The minimum absolute atomic E-state index is 0.260. The molecule has 3 nitrogen and oxygen atoms in total. The molecule has 33 heavy (non-hydrogen) atoms. The highest BCUT2D eigenvalue weighted by Gasteiger charge is 2.23. The lowest BCUT2D eigenvalue weighted by Gasteiger charge is -2.17. The largest absolute Gasteiger partial charge is 0.489 e. The first-order valence-corrected chi connectivity index (χ1v) is 12.6. The van der Waals surface area contributed by atoms with Crippen molar-refractivity contribution >= 4 is 50.7 Å². The molecular weight excluding hydrogens is 516 g/mol. The number of rotatable bonds is 5. The first-order valence-electron chi connectivity index (χ1n) is 10.6. The van der Waals surface area contributed by atoms with Gasteiger partial charge in [0.05, 0.1) is 5.69 Å². The normalized spacial score (nSPS) is 15.3. The molecule has 6 heteroatoms. The van der Waals surface area contributed by atoms with Crippen LogP contribution in [0.15, 0.2) is 105 Å². The van der Waals surface area contributed by atoms with Gasteiger partial charge in [0, 0.05) is 38.5 Å². The lowest BCUT2D eigenvalue weighted by Crippen LogP contribution is -2.06. The number of benzene rings is 3. The van der Waals surface area contributed by atoms with E-state index >= 15 is 0 Å². The number of aromatic nitrogens is 1. The van der Waals surface area contributed by atoms with Crippen LogP contribution in [-0.4, -0.2) is 10.7 Å². The summed E-state index contributed by atoms with van der Waals surface area (Å²) in [5.74, 6) is 0.806. The molecule has 1 atom stereocenters. The summed E-state index contributed by atoms with van der Waals surface area (Å²) in [6.45, 7) is 0.443. The highest BCUT2D eigenvalue weighted by Crippen LogP contribution is 2.47. The molecule has 5 rings (SSSR count). The maximum absolute atomic E-state index is 5.93. The van der Waals surface area contributed by atoms with Gasteiger partial charge in [0.25, 0.3) is 0 Å². The third-order valence-electron chi connectivity index (χ3n) is 5.40. The molecule has 1 aliphatic rings. The smallest absolute Gasteiger partial charge is 0.129 e. The predicted molar refractivity (Wildman–Crippen MR) is 140 cm³/mol. The standard InChI is InChI=1S/C27H20BrClN2OS/c28-22-6-2-1-5-21(22)26-15-24(31-23-7-3-4-8-25(23)33-26)19-10-12-20(13-11-19)32-17-18-9-14-27(29)30-16-18/h1-14,16,26H,15,17H2. The van der Waals surface area contributed by atoms with Crippen LogP contribution in [0.2, 0.25) is 5.15 Å². The van der Waals surface area contributed by atoms with Gasteiger partial charge in [-0.1, -0.05) is 63.9 Å². The highest BCUT2D eigenvalue weighted by molar-refractivity contribution is 9.10. The minimum atomic E-state index is 0.260. The van der Waals surface area contributed by atoms with E-state index in [-0.39, 0.29) is 5.25 Å². The fourth-order valence-corrected chi connectivity index (χ4v) is 5.80. The van der Waals surface area contributed by atoms with Gasteiger partial charge in [-0.2, -0.15) is 0 Å². The molecule has 0 aliphatic carbocycles. The van der Waals surface area contributed by atoms with E-state index in [4.69, 9.17) is 21.3 Å². The van der Waals surface area contributed by atoms with Crippen molar-refractivity contribution in [3.63, 3.8) is 0 Å². The first-order chi connectivity index (χ1) is 16.2. The fraction of sp³-hybridized carbons (Fsp3) is 0.111. The molecule has 3 aromatic carbocycles. The van der Waals surface area contributed by atoms with Crippen LogP contribution < -0.4 is 4.74 Å². The summed E-state index contributed by atoms with van der Waals surface area (Å²) in [5.41, 5.74) is 5.44. The number of pyridine rings is 1. The third-order valence-corrected chi connectivity index (χ3v) is 7.65. The van der Waals surface area contributed by atoms with Gasteiger partial charge < -0.3 is 4.74 Å². The fourth-order valence-electron chi connectivity index (χ4n) is 3.70. The van der Waals surface area contributed by atoms with Crippen molar-refractivity contribution in [2.24, 2.45) is 4.99 Å². The van der Waals surface area contributed by atoms with Crippen LogP contribution in [0.1, 0.15) is 28.4 Å². The molecule has 2 heterocycles. The molecule has 1 aliphatic heterocycles. The van der Waals surface area contributed by atoms with Crippen LogP contribution in [0.4, 0.5) is 5.69 Å². The lowest BCUT2D eigenvalue weighted by atomic mass is 10.0. The summed E-state index contributed by atoms with van der Waals surface area (Å²) in [7, 11) is 0. The molecule has 4 aromatic rings. The number of hydrogen-bond acceptors (Lipinski definition) is 4. The Hall–Kier alpha value is -2.60. The summed E-state index contributed by atoms with van der Waals surface area (Å²) >= 11 is 11.5. The van der Waals surface area contributed by atoms with E-state index in [1.54, 1.807) is 12.3 Å². The summed E-state index contributed by atoms with van der Waals surface area (Å²) in [4.78, 5) is 10.4. The number of hydrogen-bond donors (Lipinski definition) is 0. The molecule has 1 unspecified atom stereocenters. The summed E-state index contributed by atoms with van der Waals surface area (Å²) in [6.07, 6.45) is 2.56. The molecule has 164 valence electrons. The monoisotopic (exact) mass is 534 g/mol. The zero-order chi connectivity index (χ0) is 22.6. The topological polar surface area (TPSA) is 34.5 Å². The molecule has 0 saturated carbocycles. The van der Waals surface area contributed by atoms with Crippen molar-refractivity contribution < 1.29 is 4.74 Å². The van der Waals surface area contributed by atoms with Crippen LogP contribution >= 0.6 is 39.3 Å². The van der Waals surface area contributed by atoms with E-state index in [1.165, 1.54) is 10.5 Å². The average Bonchev–Trinajstić information content (AvgIpc) is 3.04. The van der Waals surface area contributed by atoms with Crippen molar-refractivity contribution in [1.29, 1.82) is 0 Å². The van der Waals surface area contributed by atoms with E-state index in [0.717, 1.165) is 39.2 Å². The molecule has 0 radical (unpaired) electrons. The van der Waals surface area contributed by atoms with Crippen LogP contribution in [0, 0.1) is 0 Å². The van der Waals surface area contributed by atoms with Crippen molar-refractivity contribution in [3.8, 4) is 5.75 Å². The number of ether oxygens (including phenoxy) is 1. The number of nitrogens with zero attached hydrogens (tertiary/aromatic N) is 2. The van der Waals surface area contributed by atoms with Crippen LogP contribution in [0.25, 0.3) is 0 Å². The Morgan fingerprint density at radius 3 is 2.52 bits per heavy atom. The van der Waals surface area contributed by atoms with E-state index in [0.29, 0.717) is 11.8 Å². The van der Waals surface area contributed by atoms with Gasteiger partial charge >= 0.3 is 0 Å². The third kappa shape index (κ3) is 5.32. The van der Waals surface area contributed by atoms with Crippen LogP contribution in [-0.2, 0) is 6.61 Å². The van der Waals surface area contributed by atoms with Crippen molar-refractivity contribution in [3.05, 3.63) is 117 Å². The molecule has 0 fully saturated rings. The second kappa shape index (κ2) is 10.1. The number of halogens is 2. The number of thioether (sulfide) groups is 1. The van der Waals surface area contributed by atoms with Gasteiger partial charge in [-0.15, -0.1) is 11.8 Å².